The van der Waals surface area contributed by atoms with Crippen LogP contribution in [0, 0.1) is 20.8 Å². The van der Waals surface area contributed by atoms with E-state index in [0.29, 0.717) is 6.54 Å². The lowest BCUT2D eigenvalue weighted by molar-refractivity contribution is 0.314. The van der Waals surface area contributed by atoms with Crippen LogP contribution in [0.2, 0.25) is 0 Å². The molecule has 154 valence electrons. The Morgan fingerprint density at radius 2 is 1.96 bits per heavy atom. The van der Waals surface area contributed by atoms with Gasteiger partial charge in [-0.2, -0.15) is 5.10 Å². The van der Waals surface area contributed by atoms with Crippen molar-refractivity contribution in [2.24, 2.45) is 12.0 Å². The Balaban J connectivity index is 2.02. The van der Waals surface area contributed by atoms with E-state index in [1.54, 1.807) is 0 Å². The van der Waals surface area contributed by atoms with Crippen LogP contribution in [0.1, 0.15) is 48.3 Å². The van der Waals surface area contributed by atoms with Crippen molar-refractivity contribution in [3.63, 3.8) is 0 Å². The standard InChI is InChI=1S/C22H35N5O/c1-7-13-28-21-14-16(3)9-10-19(21)15-25-22(23-8-2)24-12-11-20-17(4)26-27(6)18(20)5/h9-10,14H,7-8,11-13,15H2,1-6H3,(H2,23,24,25). The van der Waals surface area contributed by atoms with Crippen molar-refractivity contribution < 1.29 is 4.74 Å². The molecular weight excluding hydrogens is 350 g/mol. The van der Waals surface area contributed by atoms with Crippen LogP contribution in [-0.4, -0.2) is 35.4 Å². The number of ether oxygens (including phenoxy) is 1. The van der Waals surface area contributed by atoms with Gasteiger partial charge in [0.15, 0.2) is 5.96 Å². The maximum Gasteiger partial charge on any atom is 0.191 e. The summed E-state index contributed by atoms with van der Waals surface area (Å²) in [5.74, 6) is 1.76. The second-order valence-electron chi connectivity index (χ2n) is 7.10. The molecule has 0 aliphatic heterocycles. The molecule has 0 fully saturated rings. The first-order chi connectivity index (χ1) is 13.5. The highest BCUT2D eigenvalue weighted by Gasteiger charge is 2.09. The summed E-state index contributed by atoms with van der Waals surface area (Å²) in [6.07, 6.45) is 1.92. The lowest BCUT2D eigenvalue weighted by Gasteiger charge is -2.13. The quantitative estimate of drug-likeness (QED) is 0.513. The maximum absolute atomic E-state index is 5.91. The molecule has 0 saturated heterocycles. The van der Waals surface area contributed by atoms with Gasteiger partial charge < -0.3 is 15.4 Å². The van der Waals surface area contributed by atoms with Crippen LogP contribution in [0.15, 0.2) is 23.2 Å². The minimum absolute atomic E-state index is 0.583. The lowest BCUT2D eigenvalue weighted by atomic mass is 10.1. The van der Waals surface area contributed by atoms with Crippen LogP contribution in [0.5, 0.6) is 5.75 Å². The summed E-state index contributed by atoms with van der Waals surface area (Å²) in [5, 5.41) is 11.3. The third-order valence-electron chi connectivity index (χ3n) is 4.76. The fourth-order valence-electron chi connectivity index (χ4n) is 3.13. The van der Waals surface area contributed by atoms with Crippen molar-refractivity contribution in [2.45, 2.75) is 54.0 Å². The third-order valence-corrected chi connectivity index (χ3v) is 4.76. The number of aliphatic imine (C=N–C) groups is 1. The predicted molar refractivity (Wildman–Crippen MR) is 116 cm³/mol. The van der Waals surface area contributed by atoms with E-state index in [4.69, 9.17) is 9.73 Å². The monoisotopic (exact) mass is 385 g/mol. The van der Waals surface area contributed by atoms with Gasteiger partial charge in [0.2, 0.25) is 0 Å². The highest BCUT2D eigenvalue weighted by Crippen LogP contribution is 2.21. The summed E-state index contributed by atoms with van der Waals surface area (Å²) in [4.78, 5) is 4.76. The average Bonchev–Trinajstić information content (AvgIpc) is 2.91. The molecular formula is C22H35N5O. The predicted octanol–water partition coefficient (Wildman–Crippen LogP) is 3.43. The van der Waals surface area contributed by atoms with Gasteiger partial charge >= 0.3 is 0 Å². The minimum Gasteiger partial charge on any atom is -0.493 e. The maximum atomic E-state index is 5.91. The number of aryl methyl sites for hydroxylation is 3. The molecule has 0 radical (unpaired) electrons. The number of aromatic nitrogens is 2. The van der Waals surface area contributed by atoms with Crippen molar-refractivity contribution in [3.8, 4) is 5.75 Å². The second kappa shape index (κ2) is 10.7. The molecule has 0 spiro atoms. The fraction of sp³-hybridized carbons (Fsp3) is 0.545. The Morgan fingerprint density at radius 1 is 1.18 bits per heavy atom. The first-order valence-corrected chi connectivity index (χ1v) is 10.2. The molecule has 0 saturated carbocycles. The number of hydrogen-bond acceptors (Lipinski definition) is 3. The summed E-state index contributed by atoms with van der Waals surface area (Å²) >= 11 is 0. The van der Waals surface area contributed by atoms with Crippen LogP contribution in [-0.2, 0) is 20.0 Å². The number of nitrogens with one attached hydrogen (secondary N) is 2. The Hall–Kier alpha value is -2.50. The fourth-order valence-corrected chi connectivity index (χ4v) is 3.13. The zero-order valence-electron chi connectivity index (χ0n) is 18.2. The number of guanidine groups is 1. The van der Waals surface area contributed by atoms with Gasteiger partial charge in [-0.05, 0) is 57.7 Å². The molecule has 1 aromatic carbocycles. The smallest absolute Gasteiger partial charge is 0.191 e. The van der Waals surface area contributed by atoms with E-state index in [9.17, 15) is 0 Å². The van der Waals surface area contributed by atoms with Gasteiger partial charge in [0, 0.05) is 31.4 Å². The van der Waals surface area contributed by atoms with Gasteiger partial charge in [-0.3, -0.25) is 4.68 Å². The molecule has 2 aromatic rings. The number of hydrogen-bond donors (Lipinski definition) is 2. The molecule has 0 atom stereocenters. The Bertz CT molecular complexity index is 794. The molecule has 0 amide bonds. The molecule has 28 heavy (non-hydrogen) atoms. The molecule has 2 N–H and O–H groups in total. The Labute approximate surface area is 169 Å². The summed E-state index contributed by atoms with van der Waals surface area (Å²) in [5.41, 5.74) is 5.93. The Kier molecular flexibility index (Phi) is 8.36. The van der Waals surface area contributed by atoms with E-state index in [-0.39, 0.29) is 0 Å². The highest BCUT2D eigenvalue weighted by atomic mass is 16.5. The van der Waals surface area contributed by atoms with Gasteiger partial charge in [0.25, 0.3) is 0 Å². The average molecular weight is 386 g/mol. The van der Waals surface area contributed by atoms with Crippen LogP contribution < -0.4 is 15.4 Å². The van der Waals surface area contributed by atoms with Crippen molar-refractivity contribution in [2.75, 3.05) is 19.7 Å². The molecule has 6 heteroatoms. The molecule has 6 nitrogen and oxygen atoms in total. The van der Waals surface area contributed by atoms with E-state index in [0.717, 1.165) is 55.5 Å². The molecule has 0 aliphatic rings. The van der Waals surface area contributed by atoms with Crippen LogP contribution in [0.4, 0.5) is 0 Å². The molecule has 0 aliphatic carbocycles. The highest BCUT2D eigenvalue weighted by molar-refractivity contribution is 5.79. The molecule has 2 rings (SSSR count). The van der Waals surface area contributed by atoms with Crippen LogP contribution in [0.25, 0.3) is 0 Å². The zero-order chi connectivity index (χ0) is 20.5. The first kappa shape index (κ1) is 21.8. The van der Waals surface area contributed by atoms with Gasteiger partial charge in [-0.25, -0.2) is 4.99 Å². The van der Waals surface area contributed by atoms with E-state index in [1.807, 2.05) is 11.7 Å². The normalized spacial score (nSPS) is 11.6. The summed E-state index contributed by atoms with van der Waals surface area (Å²) in [7, 11) is 1.99. The van der Waals surface area contributed by atoms with E-state index < -0.39 is 0 Å². The van der Waals surface area contributed by atoms with Crippen LogP contribution in [0.3, 0.4) is 0 Å². The van der Waals surface area contributed by atoms with Crippen molar-refractivity contribution in [1.82, 2.24) is 20.4 Å². The van der Waals surface area contributed by atoms with E-state index >= 15 is 0 Å². The number of rotatable bonds is 9. The number of nitrogens with zero attached hydrogens (tertiary/aromatic N) is 3. The van der Waals surface area contributed by atoms with E-state index in [2.05, 4.69) is 68.6 Å². The van der Waals surface area contributed by atoms with Crippen molar-refractivity contribution >= 4 is 5.96 Å². The second-order valence-corrected chi connectivity index (χ2v) is 7.10. The van der Waals surface area contributed by atoms with Gasteiger partial charge in [0.05, 0.1) is 18.8 Å². The minimum atomic E-state index is 0.583. The van der Waals surface area contributed by atoms with Gasteiger partial charge in [-0.15, -0.1) is 0 Å². The summed E-state index contributed by atoms with van der Waals surface area (Å²) < 4.78 is 7.85. The third kappa shape index (κ3) is 6.01. The topological polar surface area (TPSA) is 63.5 Å². The summed E-state index contributed by atoms with van der Waals surface area (Å²) in [6, 6.07) is 6.31. The Morgan fingerprint density at radius 3 is 2.61 bits per heavy atom. The zero-order valence-corrected chi connectivity index (χ0v) is 18.2. The van der Waals surface area contributed by atoms with E-state index in [1.165, 1.54) is 16.8 Å². The number of benzene rings is 1. The molecule has 0 bridgehead atoms. The molecule has 1 aromatic heterocycles. The molecule has 0 unspecified atom stereocenters. The van der Waals surface area contributed by atoms with Gasteiger partial charge in [-0.1, -0.05) is 19.1 Å². The van der Waals surface area contributed by atoms with Crippen molar-refractivity contribution in [1.29, 1.82) is 0 Å². The largest absolute Gasteiger partial charge is 0.493 e. The van der Waals surface area contributed by atoms with Crippen molar-refractivity contribution in [3.05, 3.63) is 46.3 Å². The summed E-state index contributed by atoms with van der Waals surface area (Å²) in [6.45, 7) is 13.4. The van der Waals surface area contributed by atoms with Gasteiger partial charge in [0.1, 0.15) is 5.75 Å². The molecule has 1 heterocycles. The SMILES string of the molecule is CCCOc1cc(C)ccc1CN=C(NCC)NCCc1c(C)nn(C)c1C. The van der Waals surface area contributed by atoms with Crippen LogP contribution >= 0.6 is 0 Å². The lowest BCUT2D eigenvalue weighted by Crippen LogP contribution is -2.38. The first-order valence-electron chi connectivity index (χ1n) is 10.2.